The molecule has 0 aliphatic rings. The smallest absolute Gasteiger partial charge is 0.338 e. The summed E-state index contributed by atoms with van der Waals surface area (Å²) in [7, 11) is -4.02. The number of aryl methyl sites for hydroxylation is 1. The maximum Gasteiger partial charge on any atom is 0.338 e. The summed E-state index contributed by atoms with van der Waals surface area (Å²) in [6, 6.07) is 1.81. The highest BCUT2D eigenvalue weighted by molar-refractivity contribution is 7.89. The van der Waals surface area contributed by atoms with E-state index in [9.17, 15) is 22.7 Å². The number of carboxylic acid groups (broad SMARTS) is 1. The van der Waals surface area contributed by atoms with Gasteiger partial charge in [-0.05, 0) is 30.5 Å². The van der Waals surface area contributed by atoms with Crippen LogP contribution in [0.4, 0.5) is 4.39 Å². The summed E-state index contributed by atoms with van der Waals surface area (Å²) in [5, 5.41) is 18.5. The molecule has 6 nitrogen and oxygen atoms in total. The molecule has 0 radical (unpaired) electrons. The number of benzene rings is 1. The van der Waals surface area contributed by atoms with Crippen molar-refractivity contribution in [2.75, 3.05) is 6.54 Å². The Bertz CT molecular complexity index is 642. The predicted octanol–water partition coefficient (Wildman–Crippen LogP) is 1.13. The minimum atomic E-state index is -4.02. The number of aromatic carboxylic acids is 1. The second-order valence-electron chi connectivity index (χ2n) is 5.07. The van der Waals surface area contributed by atoms with E-state index in [0.717, 1.165) is 12.1 Å². The van der Waals surface area contributed by atoms with E-state index in [0.29, 0.717) is 0 Å². The van der Waals surface area contributed by atoms with Crippen LogP contribution in [0.1, 0.15) is 29.8 Å². The van der Waals surface area contributed by atoms with Crippen LogP contribution in [-0.2, 0) is 10.0 Å². The summed E-state index contributed by atoms with van der Waals surface area (Å²) < 4.78 is 39.9. The maximum atomic E-state index is 13.6. The van der Waals surface area contributed by atoms with Gasteiger partial charge < -0.3 is 10.2 Å². The molecule has 0 aliphatic heterocycles. The highest BCUT2D eigenvalue weighted by Gasteiger charge is 2.22. The summed E-state index contributed by atoms with van der Waals surface area (Å²) in [6.45, 7) is 4.52. The lowest BCUT2D eigenvalue weighted by Crippen LogP contribution is -2.34. The Labute approximate surface area is 122 Å². The summed E-state index contributed by atoms with van der Waals surface area (Å²) >= 11 is 0. The Morgan fingerprint density at radius 2 is 1.95 bits per heavy atom. The van der Waals surface area contributed by atoms with Gasteiger partial charge in [-0.3, -0.25) is 0 Å². The molecule has 1 aromatic rings. The minimum absolute atomic E-state index is 0.0836. The zero-order chi connectivity index (χ0) is 16.4. The van der Waals surface area contributed by atoms with Gasteiger partial charge in [-0.1, -0.05) is 13.8 Å². The fraction of sp³-hybridized carbons (Fsp3) is 0.462. The molecule has 0 saturated heterocycles. The number of aliphatic hydroxyl groups excluding tert-OH is 1. The highest BCUT2D eigenvalue weighted by Crippen LogP contribution is 2.19. The van der Waals surface area contributed by atoms with Crippen LogP contribution >= 0.6 is 0 Å². The highest BCUT2D eigenvalue weighted by atomic mass is 32.2. The van der Waals surface area contributed by atoms with Crippen molar-refractivity contribution in [3.8, 4) is 0 Å². The maximum absolute atomic E-state index is 13.6. The Balaban J connectivity index is 3.12. The van der Waals surface area contributed by atoms with E-state index in [1.54, 1.807) is 13.8 Å². The third-order valence-corrected chi connectivity index (χ3v) is 4.42. The Morgan fingerprint density at radius 3 is 2.43 bits per heavy atom. The molecule has 1 unspecified atom stereocenters. The zero-order valence-corrected chi connectivity index (χ0v) is 12.7. The third kappa shape index (κ3) is 4.23. The van der Waals surface area contributed by atoms with Crippen LogP contribution in [0.2, 0.25) is 0 Å². The SMILES string of the molecule is Cc1cc(S(=O)(=O)NCC(O)C(C)C)cc(C(=O)O)c1F. The number of hydrogen-bond acceptors (Lipinski definition) is 4. The van der Waals surface area contributed by atoms with Gasteiger partial charge in [0.1, 0.15) is 5.82 Å². The molecule has 0 aromatic heterocycles. The van der Waals surface area contributed by atoms with Crippen molar-refractivity contribution in [1.82, 2.24) is 4.72 Å². The normalized spacial score (nSPS) is 13.4. The molecule has 8 heteroatoms. The monoisotopic (exact) mass is 319 g/mol. The number of aliphatic hydroxyl groups is 1. The Kier molecular flexibility index (Phi) is 5.43. The number of sulfonamides is 1. The zero-order valence-electron chi connectivity index (χ0n) is 11.9. The van der Waals surface area contributed by atoms with Crippen LogP contribution in [-0.4, -0.2) is 37.2 Å². The fourth-order valence-corrected chi connectivity index (χ4v) is 2.72. The number of hydrogen-bond donors (Lipinski definition) is 3. The first-order valence-electron chi connectivity index (χ1n) is 6.27. The van der Waals surface area contributed by atoms with Gasteiger partial charge in [0, 0.05) is 6.54 Å². The first-order valence-corrected chi connectivity index (χ1v) is 7.75. The van der Waals surface area contributed by atoms with Crippen molar-refractivity contribution in [2.45, 2.75) is 31.8 Å². The van der Waals surface area contributed by atoms with Gasteiger partial charge in [0.15, 0.2) is 0 Å². The molecule has 1 atom stereocenters. The fourth-order valence-electron chi connectivity index (χ4n) is 1.56. The second-order valence-corrected chi connectivity index (χ2v) is 6.84. The minimum Gasteiger partial charge on any atom is -0.478 e. The van der Waals surface area contributed by atoms with Crippen molar-refractivity contribution in [2.24, 2.45) is 5.92 Å². The van der Waals surface area contributed by atoms with Gasteiger partial charge in [0.2, 0.25) is 10.0 Å². The van der Waals surface area contributed by atoms with Gasteiger partial charge in [-0.25, -0.2) is 22.3 Å². The lowest BCUT2D eigenvalue weighted by Gasteiger charge is -2.15. The van der Waals surface area contributed by atoms with Crippen LogP contribution in [0.15, 0.2) is 17.0 Å². The van der Waals surface area contributed by atoms with Crippen LogP contribution < -0.4 is 4.72 Å². The van der Waals surface area contributed by atoms with Crippen molar-refractivity contribution in [1.29, 1.82) is 0 Å². The molecule has 0 amide bonds. The molecule has 0 fully saturated rings. The van der Waals surface area contributed by atoms with E-state index in [4.69, 9.17) is 5.11 Å². The molecular formula is C13H18FNO5S. The lowest BCUT2D eigenvalue weighted by molar-refractivity contribution is 0.0691. The molecule has 0 heterocycles. The van der Waals surface area contributed by atoms with Crippen molar-refractivity contribution >= 4 is 16.0 Å². The summed E-state index contributed by atoms with van der Waals surface area (Å²) in [6.07, 6.45) is -0.875. The lowest BCUT2D eigenvalue weighted by atomic mass is 10.1. The number of halogens is 1. The predicted molar refractivity (Wildman–Crippen MR) is 74.1 cm³/mol. The van der Waals surface area contributed by atoms with Crippen LogP contribution in [0, 0.1) is 18.7 Å². The van der Waals surface area contributed by atoms with E-state index in [-0.39, 0.29) is 22.9 Å². The largest absolute Gasteiger partial charge is 0.478 e. The van der Waals surface area contributed by atoms with Crippen LogP contribution in [0.25, 0.3) is 0 Å². The number of carboxylic acids is 1. The molecular weight excluding hydrogens is 301 g/mol. The first-order chi connectivity index (χ1) is 9.56. The Morgan fingerprint density at radius 1 is 1.38 bits per heavy atom. The molecule has 0 saturated carbocycles. The quantitative estimate of drug-likeness (QED) is 0.729. The Hall–Kier alpha value is -1.51. The summed E-state index contributed by atoms with van der Waals surface area (Å²) in [5.74, 6) is -2.66. The van der Waals surface area contributed by atoms with Crippen molar-refractivity contribution < 1.29 is 27.8 Å². The van der Waals surface area contributed by atoms with Crippen molar-refractivity contribution in [3.63, 3.8) is 0 Å². The van der Waals surface area contributed by atoms with Gasteiger partial charge in [-0.15, -0.1) is 0 Å². The van der Waals surface area contributed by atoms with E-state index < -0.39 is 33.5 Å². The van der Waals surface area contributed by atoms with E-state index in [2.05, 4.69) is 4.72 Å². The molecule has 3 N–H and O–H groups in total. The topological polar surface area (TPSA) is 104 Å². The average molecular weight is 319 g/mol. The second kappa shape index (κ2) is 6.50. The number of rotatable bonds is 6. The van der Waals surface area contributed by atoms with E-state index in [1.165, 1.54) is 6.92 Å². The number of carbonyl (C=O) groups is 1. The molecule has 1 rings (SSSR count). The van der Waals surface area contributed by atoms with Gasteiger partial charge in [0.25, 0.3) is 0 Å². The average Bonchev–Trinajstić information content (AvgIpc) is 2.38. The molecule has 0 aliphatic carbocycles. The standard InChI is InChI=1S/C13H18FNO5S/c1-7(2)11(16)6-15-21(19,20)9-4-8(3)12(14)10(5-9)13(17)18/h4-5,7,11,15-16H,6H2,1-3H3,(H,17,18). The third-order valence-electron chi connectivity index (χ3n) is 3.02. The molecule has 118 valence electrons. The van der Waals surface area contributed by atoms with Crippen LogP contribution in [0.5, 0.6) is 0 Å². The van der Waals surface area contributed by atoms with Gasteiger partial charge in [-0.2, -0.15) is 0 Å². The van der Waals surface area contributed by atoms with E-state index >= 15 is 0 Å². The number of nitrogens with one attached hydrogen (secondary N) is 1. The van der Waals surface area contributed by atoms with Crippen molar-refractivity contribution in [3.05, 3.63) is 29.1 Å². The molecule has 1 aromatic carbocycles. The molecule has 0 bridgehead atoms. The van der Waals surface area contributed by atoms with Gasteiger partial charge in [0.05, 0.1) is 16.6 Å². The molecule has 0 spiro atoms. The summed E-state index contributed by atoms with van der Waals surface area (Å²) in [5.41, 5.74) is -0.792. The summed E-state index contributed by atoms with van der Waals surface area (Å²) in [4.78, 5) is 10.6. The van der Waals surface area contributed by atoms with Crippen LogP contribution in [0.3, 0.4) is 0 Å². The first kappa shape index (κ1) is 17.5. The molecule has 21 heavy (non-hydrogen) atoms. The van der Waals surface area contributed by atoms with Gasteiger partial charge >= 0.3 is 5.97 Å². The van der Waals surface area contributed by atoms with E-state index in [1.807, 2.05) is 0 Å².